The Morgan fingerprint density at radius 2 is 1.46 bits per heavy atom. The molecule has 0 spiro atoms. The van der Waals surface area contributed by atoms with E-state index >= 15 is 0 Å². The molecular formula is C24H34. The van der Waals surface area contributed by atoms with Crippen molar-refractivity contribution < 1.29 is 0 Å². The molecule has 0 aliphatic heterocycles. The van der Waals surface area contributed by atoms with Crippen molar-refractivity contribution in [2.75, 3.05) is 0 Å². The monoisotopic (exact) mass is 322 g/mol. The third kappa shape index (κ3) is 5.10. The first-order valence-electron chi connectivity index (χ1n) is 10.2. The summed E-state index contributed by atoms with van der Waals surface area (Å²) in [6.45, 7) is 3.91. The van der Waals surface area contributed by atoms with Gasteiger partial charge in [-0.05, 0) is 93.4 Å². The molecule has 0 heteroatoms. The van der Waals surface area contributed by atoms with Crippen LogP contribution in [0.1, 0.15) is 63.4 Å². The summed E-state index contributed by atoms with van der Waals surface area (Å²) in [4.78, 5) is 0. The molecule has 0 N–H and O–H groups in total. The summed E-state index contributed by atoms with van der Waals surface area (Å²) < 4.78 is 0. The molecule has 1 aromatic carbocycles. The van der Waals surface area contributed by atoms with Crippen LogP contribution in [0.5, 0.6) is 0 Å². The molecule has 2 saturated carbocycles. The molecule has 2 aliphatic rings. The third-order valence-electron chi connectivity index (χ3n) is 6.48. The van der Waals surface area contributed by atoms with Crippen molar-refractivity contribution in [2.45, 2.75) is 64.2 Å². The molecule has 0 unspecified atom stereocenters. The predicted octanol–water partition coefficient (Wildman–Crippen LogP) is 6.97. The minimum atomic E-state index is 0.835. The highest BCUT2D eigenvalue weighted by molar-refractivity contribution is 5.17. The van der Waals surface area contributed by atoms with Crippen LogP contribution in [-0.4, -0.2) is 0 Å². The van der Waals surface area contributed by atoms with Crippen LogP contribution in [0.4, 0.5) is 0 Å². The van der Waals surface area contributed by atoms with Gasteiger partial charge < -0.3 is 0 Å². The topological polar surface area (TPSA) is 0 Å². The van der Waals surface area contributed by atoms with Crippen molar-refractivity contribution in [3.05, 3.63) is 60.7 Å². The lowest BCUT2D eigenvalue weighted by molar-refractivity contribution is 0.156. The summed E-state index contributed by atoms with van der Waals surface area (Å²) in [5, 5.41) is 0. The zero-order chi connectivity index (χ0) is 16.6. The molecule has 0 saturated heterocycles. The fourth-order valence-electron chi connectivity index (χ4n) is 4.95. The maximum Gasteiger partial charge on any atom is -0.00974 e. The van der Waals surface area contributed by atoms with E-state index in [1.807, 2.05) is 0 Å². The lowest BCUT2D eigenvalue weighted by Crippen LogP contribution is -2.25. The molecule has 2 fully saturated rings. The second-order valence-electron chi connectivity index (χ2n) is 8.10. The van der Waals surface area contributed by atoms with Crippen molar-refractivity contribution in [1.82, 2.24) is 0 Å². The SMILES string of the molecule is C=CC[C@H]1CC[C@H]([C@H]2CC[C@H](C=CCc3ccccc3)CC2)CC1. The number of allylic oxidation sites excluding steroid dienone is 3. The summed E-state index contributed by atoms with van der Waals surface area (Å²) >= 11 is 0. The first-order chi connectivity index (χ1) is 11.8. The molecular weight excluding hydrogens is 288 g/mol. The molecule has 0 amide bonds. The van der Waals surface area contributed by atoms with Crippen molar-refractivity contribution in [2.24, 2.45) is 23.7 Å². The molecule has 0 bridgehead atoms. The van der Waals surface area contributed by atoms with Gasteiger partial charge in [-0.1, -0.05) is 48.6 Å². The van der Waals surface area contributed by atoms with Crippen LogP contribution in [-0.2, 0) is 6.42 Å². The summed E-state index contributed by atoms with van der Waals surface area (Å²) in [5.41, 5.74) is 1.43. The molecule has 0 aromatic heterocycles. The molecule has 0 heterocycles. The van der Waals surface area contributed by atoms with E-state index in [0.717, 1.165) is 30.1 Å². The van der Waals surface area contributed by atoms with Crippen LogP contribution >= 0.6 is 0 Å². The maximum atomic E-state index is 3.91. The Bertz CT molecular complexity index is 496. The van der Waals surface area contributed by atoms with Gasteiger partial charge in [0.25, 0.3) is 0 Å². The van der Waals surface area contributed by atoms with Crippen LogP contribution in [0.15, 0.2) is 55.1 Å². The lowest BCUT2D eigenvalue weighted by Gasteiger charge is -2.37. The fraction of sp³-hybridized carbons (Fsp3) is 0.583. The van der Waals surface area contributed by atoms with Crippen LogP contribution in [0.2, 0.25) is 0 Å². The molecule has 0 radical (unpaired) electrons. The van der Waals surface area contributed by atoms with Crippen molar-refractivity contribution in [1.29, 1.82) is 0 Å². The third-order valence-corrected chi connectivity index (χ3v) is 6.48. The van der Waals surface area contributed by atoms with Crippen molar-refractivity contribution >= 4 is 0 Å². The minimum Gasteiger partial charge on any atom is -0.103 e. The molecule has 3 rings (SSSR count). The Hall–Kier alpha value is -1.30. The van der Waals surface area contributed by atoms with Gasteiger partial charge in [-0.2, -0.15) is 0 Å². The van der Waals surface area contributed by atoms with E-state index in [1.165, 1.54) is 63.4 Å². The highest BCUT2D eigenvalue weighted by atomic mass is 14.3. The minimum absolute atomic E-state index is 0.835. The molecule has 1 aromatic rings. The quantitative estimate of drug-likeness (QED) is 0.496. The van der Waals surface area contributed by atoms with Crippen molar-refractivity contribution in [3.63, 3.8) is 0 Å². The first kappa shape index (κ1) is 17.5. The van der Waals surface area contributed by atoms with E-state index in [1.54, 1.807) is 0 Å². The Balaban J connectivity index is 1.37. The average molecular weight is 323 g/mol. The Morgan fingerprint density at radius 1 is 0.833 bits per heavy atom. The smallest absolute Gasteiger partial charge is 0.00974 e. The van der Waals surface area contributed by atoms with E-state index in [4.69, 9.17) is 0 Å². The van der Waals surface area contributed by atoms with E-state index in [2.05, 4.69) is 55.1 Å². The van der Waals surface area contributed by atoms with Gasteiger partial charge in [-0.25, -0.2) is 0 Å². The highest BCUT2D eigenvalue weighted by Crippen LogP contribution is 2.42. The first-order valence-corrected chi connectivity index (χ1v) is 10.2. The van der Waals surface area contributed by atoms with E-state index in [0.29, 0.717) is 0 Å². The lowest BCUT2D eigenvalue weighted by atomic mass is 9.69. The van der Waals surface area contributed by atoms with Gasteiger partial charge in [0.05, 0.1) is 0 Å². The predicted molar refractivity (Wildman–Crippen MR) is 105 cm³/mol. The summed E-state index contributed by atoms with van der Waals surface area (Å²) in [6.07, 6.45) is 21.0. The molecule has 24 heavy (non-hydrogen) atoms. The van der Waals surface area contributed by atoms with E-state index in [-0.39, 0.29) is 0 Å². The van der Waals surface area contributed by atoms with Gasteiger partial charge in [0.1, 0.15) is 0 Å². The van der Waals surface area contributed by atoms with Gasteiger partial charge in [-0.15, -0.1) is 6.58 Å². The fourth-order valence-corrected chi connectivity index (χ4v) is 4.95. The zero-order valence-electron chi connectivity index (χ0n) is 15.2. The standard InChI is InChI=1S/C24H34/c1-2-7-20-12-16-23(17-13-20)24-18-14-22(15-19-24)11-6-10-21-8-4-3-5-9-21/h2-6,8-9,11,20,22-24H,1,7,10,12-19H2/t20-,22-,23-,24-. The number of benzene rings is 1. The maximum absolute atomic E-state index is 3.91. The normalized spacial score (nSPS) is 31.2. The Kier molecular flexibility index (Phi) is 6.75. The number of hydrogen-bond acceptors (Lipinski definition) is 0. The van der Waals surface area contributed by atoms with Gasteiger partial charge in [0.2, 0.25) is 0 Å². The van der Waals surface area contributed by atoms with Gasteiger partial charge >= 0.3 is 0 Å². The van der Waals surface area contributed by atoms with E-state index < -0.39 is 0 Å². The molecule has 2 aliphatic carbocycles. The highest BCUT2D eigenvalue weighted by Gasteiger charge is 2.29. The number of rotatable bonds is 6. The Morgan fingerprint density at radius 3 is 2.08 bits per heavy atom. The van der Waals surface area contributed by atoms with Gasteiger partial charge in [0.15, 0.2) is 0 Å². The largest absolute Gasteiger partial charge is 0.103 e. The van der Waals surface area contributed by atoms with Crippen LogP contribution < -0.4 is 0 Å². The zero-order valence-corrected chi connectivity index (χ0v) is 15.2. The van der Waals surface area contributed by atoms with Crippen LogP contribution in [0, 0.1) is 23.7 Å². The molecule has 130 valence electrons. The van der Waals surface area contributed by atoms with Gasteiger partial charge in [-0.3, -0.25) is 0 Å². The number of hydrogen-bond donors (Lipinski definition) is 0. The molecule has 0 atom stereocenters. The second kappa shape index (κ2) is 9.25. The Labute approximate surface area is 149 Å². The van der Waals surface area contributed by atoms with E-state index in [9.17, 15) is 0 Å². The van der Waals surface area contributed by atoms with Crippen molar-refractivity contribution in [3.8, 4) is 0 Å². The van der Waals surface area contributed by atoms with Gasteiger partial charge in [0, 0.05) is 0 Å². The summed E-state index contributed by atoms with van der Waals surface area (Å²) in [6, 6.07) is 10.8. The second-order valence-corrected chi connectivity index (χ2v) is 8.10. The van der Waals surface area contributed by atoms with Crippen LogP contribution in [0.3, 0.4) is 0 Å². The summed E-state index contributed by atoms with van der Waals surface area (Å²) in [7, 11) is 0. The average Bonchev–Trinajstić information content (AvgIpc) is 2.64. The molecule has 0 nitrogen and oxygen atoms in total. The van der Waals surface area contributed by atoms with Crippen LogP contribution in [0.25, 0.3) is 0 Å². The summed E-state index contributed by atoms with van der Waals surface area (Å²) in [5.74, 6) is 3.83.